The standard InChI is InChI=1S/C22H18N2O3S/c1-26-22(25)15-10-8-14(9-11-15)21-24-18(16-5-2-3-6-19(16)27-21)13-17(23-24)20-7-4-12-28-20/h2-12,18,21H,13H2,1H3/t18-,21+/m1/s1. The number of para-hydroxylation sites is 1. The van der Waals surface area contributed by atoms with E-state index >= 15 is 0 Å². The smallest absolute Gasteiger partial charge is 0.337 e. The molecule has 0 radical (unpaired) electrons. The first kappa shape index (κ1) is 17.0. The molecule has 0 amide bonds. The summed E-state index contributed by atoms with van der Waals surface area (Å²) in [6.07, 6.45) is 0.501. The minimum atomic E-state index is -0.349. The van der Waals surface area contributed by atoms with Crippen LogP contribution in [0, 0.1) is 0 Å². The van der Waals surface area contributed by atoms with Crippen molar-refractivity contribution in [3.63, 3.8) is 0 Å². The third-order valence-corrected chi connectivity index (χ3v) is 6.04. The number of carbonyl (C=O) groups excluding carboxylic acids is 1. The number of hydrogen-bond acceptors (Lipinski definition) is 6. The van der Waals surface area contributed by atoms with E-state index in [0.29, 0.717) is 5.56 Å². The molecule has 0 saturated heterocycles. The minimum Gasteiger partial charge on any atom is -0.465 e. The SMILES string of the molecule is COC(=O)c1ccc([C@@H]2Oc3ccccc3[C@H]3CC(c4cccs4)=NN32)cc1. The summed E-state index contributed by atoms with van der Waals surface area (Å²) in [5.41, 5.74) is 3.70. The van der Waals surface area contributed by atoms with E-state index in [9.17, 15) is 4.79 Å². The first-order valence-electron chi connectivity index (χ1n) is 9.08. The van der Waals surface area contributed by atoms with Crippen molar-refractivity contribution in [2.24, 2.45) is 5.10 Å². The fraction of sp³-hybridized carbons (Fsp3) is 0.182. The van der Waals surface area contributed by atoms with Gasteiger partial charge < -0.3 is 9.47 Å². The molecule has 5 rings (SSSR count). The van der Waals surface area contributed by atoms with E-state index in [1.54, 1.807) is 23.5 Å². The zero-order chi connectivity index (χ0) is 19.1. The number of methoxy groups -OCH3 is 1. The number of fused-ring (bicyclic) bond motifs is 3. The van der Waals surface area contributed by atoms with E-state index in [-0.39, 0.29) is 18.2 Å². The van der Waals surface area contributed by atoms with Gasteiger partial charge in [0.15, 0.2) is 0 Å². The molecule has 0 spiro atoms. The highest BCUT2D eigenvalue weighted by atomic mass is 32.1. The second-order valence-corrected chi connectivity index (χ2v) is 7.69. The Bertz CT molecular complexity index is 1040. The highest BCUT2D eigenvalue weighted by Gasteiger charge is 2.41. The summed E-state index contributed by atoms with van der Waals surface area (Å²) in [4.78, 5) is 12.9. The molecule has 2 aromatic carbocycles. The Hall–Kier alpha value is -3.12. The molecule has 28 heavy (non-hydrogen) atoms. The summed E-state index contributed by atoms with van der Waals surface area (Å²) in [7, 11) is 1.38. The van der Waals surface area contributed by atoms with E-state index in [4.69, 9.17) is 14.6 Å². The van der Waals surface area contributed by atoms with Gasteiger partial charge in [-0.2, -0.15) is 5.10 Å². The van der Waals surface area contributed by atoms with Crippen molar-refractivity contribution in [1.29, 1.82) is 0 Å². The van der Waals surface area contributed by atoms with Crippen molar-refractivity contribution in [1.82, 2.24) is 5.01 Å². The topological polar surface area (TPSA) is 51.1 Å². The Balaban J connectivity index is 1.54. The maximum Gasteiger partial charge on any atom is 0.337 e. The van der Waals surface area contributed by atoms with Crippen molar-refractivity contribution in [2.45, 2.75) is 18.7 Å². The average Bonchev–Trinajstić information content (AvgIpc) is 3.42. The van der Waals surface area contributed by atoms with Gasteiger partial charge in [-0.3, -0.25) is 0 Å². The number of esters is 1. The van der Waals surface area contributed by atoms with Crippen LogP contribution in [0.2, 0.25) is 0 Å². The van der Waals surface area contributed by atoms with E-state index in [2.05, 4.69) is 17.5 Å². The first-order valence-corrected chi connectivity index (χ1v) is 9.96. The number of rotatable bonds is 3. The molecule has 0 fully saturated rings. The molecule has 0 unspecified atom stereocenters. The van der Waals surface area contributed by atoms with Crippen LogP contribution in [0.4, 0.5) is 0 Å². The molecule has 1 aromatic heterocycles. The number of benzene rings is 2. The second-order valence-electron chi connectivity index (χ2n) is 6.75. The highest BCUT2D eigenvalue weighted by Crippen LogP contribution is 2.47. The predicted octanol–water partition coefficient (Wildman–Crippen LogP) is 4.78. The summed E-state index contributed by atoms with van der Waals surface area (Å²) in [6, 6.07) is 19.8. The number of nitrogens with zero attached hydrogens (tertiary/aromatic N) is 2. The Morgan fingerprint density at radius 2 is 1.96 bits per heavy atom. The van der Waals surface area contributed by atoms with Crippen molar-refractivity contribution in [3.8, 4) is 5.75 Å². The molecule has 140 valence electrons. The number of ether oxygens (including phenoxy) is 2. The molecule has 2 aliphatic heterocycles. The number of carbonyl (C=O) groups is 1. The molecule has 0 saturated carbocycles. The van der Waals surface area contributed by atoms with Gasteiger partial charge in [-0.05, 0) is 29.6 Å². The van der Waals surface area contributed by atoms with Gasteiger partial charge >= 0.3 is 5.97 Å². The molecule has 0 bridgehead atoms. The number of thiophene rings is 1. The van der Waals surface area contributed by atoms with E-state index in [0.717, 1.165) is 29.0 Å². The Labute approximate surface area is 166 Å². The largest absolute Gasteiger partial charge is 0.465 e. The molecular weight excluding hydrogens is 372 g/mol. The van der Waals surface area contributed by atoms with Crippen LogP contribution < -0.4 is 4.74 Å². The van der Waals surface area contributed by atoms with Gasteiger partial charge in [-0.25, -0.2) is 9.80 Å². The highest BCUT2D eigenvalue weighted by molar-refractivity contribution is 7.12. The Kier molecular flexibility index (Phi) is 4.13. The van der Waals surface area contributed by atoms with Crippen LogP contribution in [0.1, 0.15) is 45.1 Å². The van der Waals surface area contributed by atoms with E-state index in [1.165, 1.54) is 12.0 Å². The predicted molar refractivity (Wildman–Crippen MR) is 108 cm³/mol. The van der Waals surface area contributed by atoms with Crippen LogP contribution in [-0.2, 0) is 4.74 Å². The summed E-state index contributed by atoms with van der Waals surface area (Å²) in [6.45, 7) is 0. The Morgan fingerprint density at radius 3 is 2.71 bits per heavy atom. The lowest BCUT2D eigenvalue weighted by Crippen LogP contribution is -2.33. The third-order valence-electron chi connectivity index (χ3n) is 5.12. The lowest BCUT2D eigenvalue weighted by Gasteiger charge is -2.38. The maximum atomic E-state index is 11.7. The van der Waals surface area contributed by atoms with Crippen molar-refractivity contribution in [3.05, 3.63) is 87.6 Å². The zero-order valence-electron chi connectivity index (χ0n) is 15.2. The monoisotopic (exact) mass is 390 g/mol. The van der Waals surface area contributed by atoms with Gasteiger partial charge in [0.2, 0.25) is 6.23 Å². The van der Waals surface area contributed by atoms with Gasteiger partial charge in [-0.15, -0.1) is 11.3 Å². The molecule has 3 heterocycles. The first-order chi connectivity index (χ1) is 13.7. The summed E-state index contributed by atoms with van der Waals surface area (Å²) in [5.74, 6) is 0.534. The molecule has 6 heteroatoms. The molecule has 0 aliphatic carbocycles. The molecule has 5 nitrogen and oxygen atoms in total. The Morgan fingerprint density at radius 1 is 1.14 bits per heavy atom. The normalized spacial score (nSPS) is 20.0. The molecule has 2 atom stereocenters. The fourth-order valence-corrected chi connectivity index (χ4v) is 4.47. The lowest BCUT2D eigenvalue weighted by molar-refractivity contribution is -0.0190. The van der Waals surface area contributed by atoms with Crippen molar-refractivity contribution in [2.75, 3.05) is 7.11 Å². The summed E-state index contributed by atoms with van der Waals surface area (Å²) >= 11 is 1.70. The molecule has 3 aromatic rings. The van der Waals surface area contributed by atoms with Crippen LogP contribution >= 0.6 is 11.3 Å². The van der Waals surface area contributed by atoms with E-state index < -0.39 is 0 Å². The van der Waals surface area contributed by atoms with Crippen LogP contribution in [0.5, 0.6) is 5.75 Å². The quantitative estimate of drug-likeness (QED) is 0.604. The fourth-order valence-electron chi connectivity index (χ4n) is 3.75. The van der Waals surface area contributed by atoms with Crippen molar-refractivity contribution < 1.29 is 14.3 Å². The third kappa shape index (κ3) is 2.77. The second kappa shape index (κ2) is 6.80. The van der Waals surface area contributed by atoms with Crippen LogP contribution in [0.25, 0.3) is 0 Å². The molecular formula is C22H18N2O3S. The maximum absolute atomic E-state index is 11.7. The van der Waals surface area contributed by atoms with Crippen LogP contribution in [0.15, 0.2) is 71.1 Å². The zero-order valence-corrected chi connectivity index (χ0v) is 16.1. The van der Waals surface area contributed by atoms with Crippen LogP contribution in [0.3, 0.4) is 0 Å². The van der Waals surface area contributed by atoms with Gasteiger partial charge in [-0.1, -0.05) is 36.4 Å². The van der Waals surface area contributed by atoms with Crippen molar-refractivity contribution >= 4 is 23.0 Å². The molecule has 2 aliphatic rings. The van der Waals surface area contributed by atoms with Crippen LogP contribution in [-0.4, -0.2) is 23.8 Å². The summed E-state index contributed by atoms with van der Waals surface area (Å²) in [5, 5.41) is 9.04. The number of hydrazone groups is 1. The number of hydrogen-bond donors (Lipinski definition) is 0. The molecule has 0 N–H and O–H groups in total. The van der Waals surface area contributed by atoms with Gasteiger partial charge in [0.05, 0.1) is 29.3 Å². The average molecular weight is 390 g/mol. The minimum absolute atomic E-state index is 0.132. The van der Waals surface area contributed by atoms with Gasteiger partial charge in [0.25, 0.3) is 0 Å². The van der Waals surface area contributed by atoms with Gasteiger partial charge in [0.1, 0.15) is 5.75 Å². The van der Waals surface area contributed by atoms with E-state index in [1.807, 2.05) is 41.4 Å². The van der Waals surface area contributed by atoms with Gasteiger partial charge in [0, 0.05) is 17.5 Å². The summed E-state index contributed by atoms with van der Waals surface area (Å²) < 4.78 is 11.1. The lowest BCUT2D eigenvalue weighted by atomic mass is 9.97.